The Morgan fingerprint density at radius 2 is 1.85 bits per heavy atom. The summed E-state index contributed by atoms with van der Waals surface area (Å²) in [5, 5.41) is 6.42. The topological polar surface area (TPSA) is 62.7 Å². The zero-order valence-corrected chi connectivity index (χ0v) is 12.0. The lowest BCUT2D eigenvalue weighted by Crippen LogP contribution is -2.28. The van der Waals surface area contributed by atoms with E-state index in [1.165, 1.54) is 11.1 Å². The van der Waals surface area contributed by atoms with Crippen LogP contribution in [0.25, 0.3) is 0 Å². The molecule has 0 radical (unpaired) electrons. The Morgan fingerprint density at radius 3 is 2.65 bits per heavy atom. The number of aromatic nitrogens is 3. The van der Waals surface area contributed by atoms with Gasteiger partial charge in [0.25, 0.3) is 0 Å². The van der Waals surface area contributed by atoms with Crippen LogP contribution < -0.4 is 10.6 Å². The van der Waals surface area contributed by atoms with E-state index in [-0.39, 0.29) is 5.28 Å². The summed E-state index contributed by atoms with van der Waals surface area (Å²) in [6, 6.07) is 8.89. The van der Waals surface area contributed by atoms with Crippen molar-refractivity contribution in [3.05, 3.63) is 40.7 Å². The molecule has 0 aliphatic heterocycles. The molecule has 20 heavy (non-hydrogen) atoms. The molecule has 0 fully saturated rings. The summed E-state index contributed by atoms with van der Waals surface area (Å²) < 4.78 is 0. The molecular weight excluding hydrogens is 274 g/mol. The van der Waals surface area contributed by atoms with Crippen molar-refractivity contribution in [1.82, 2.24) is 15.0 Å². The first-order valence-corrected chi connectivity index (χ1v) is 7.05. The van der Waals surface area contributed by atoms with Crippen molar-refractivity contribution >= 4 is 23.5 Å². The second-order valence-electron chi connectivity index (χ2n) is 4.85. The fraction of sp³-hybridized carbons (Fsp3) is 0.357. The molecule has 0 amide bonds. The number of anilines is 2. The Morgan fingerprint density at radius 1 is 1.10 bits per heavy atom. The van der Waals surface area contributed by atoms with Crippen molar-refractivity contribution in [3.63, 3.8) is 0 Å². The summed E-state index contributed by atoms with van der Waals surface area (Å²) in [5.74, 6) is 1.00. The summed E-state index contributed by atoms with van der Waals surface area (Å²) in [6.45, 7) is 0. The highest BCUT2D eigenvalue weighted by atomic mass is 35.5. The zero-order chi connectivity index (χ0) is 13.9. The number of halogens is 1. The predicted octanol–water partition coefficient (Wildman–Crippen LogP) is 2.54. The second kappa shape index (κ2) is 5.63. The molecule has 104 valence electrons. The van der Waals surface area contributed by atoms with Crippen molar-refractivity contribution in [2.45, 2.75) is 25.3 Å². The van der Waals surface area contributed by atoms with E-state index < -0.39 is 0 Å². The molecule has 0 saturated carbocycles. The van der Waals surface area contributed by atoms with Crippen molar-refractivity contribution in [2.24, 2.45) is 0 Å². The minimum absolute atomic E-state index is 0.197. The van der Waals surface area contributed by atoms with Crippen LogP contribution in [-0.4, -0.2) is 28.0 Å². The Labute approximate surface area is 122 Å². The van der Waals surface area contributed by atoms with Gasteiger partial charge in [-0.1, -0.05) is 24.3 Å². The van der Waals surface area contributed by atoms with E-state index in [0.717, 1.165) is 19.3 Å². The fourth-order valence-corrected chi connectivity index (χ4v) is 2.69. The first kappa shape index (κ1) is 13.1. The van der Waals surface area contributed by atoms with Crippen molar-refractivity contribution in [2.75, 3.05) is 17.7 Å². The fourth-order valence-electron chi connectivity index (χ4n) is 2.53. The van der Waals surface area contributed by atoms with Gasteiger partial charge in [-0.25, -0.2) is 0 Å². The van der Waals surface area contributed by atoms with Gasteiger partial charge in [-0.15, -0.1) is 0 Å². The number of nitrogens with zero attached hydrogens (tertiary/aromatic N) is 3. The molecule has 1 aliphatic rings. The Bertz CT molecular complexity index is 616. The van der Waals surface area contributed by atoms with Crippen molar-refractivity contribution in [1.29, 1.82) is 0 Å². The van der Waals surface area contributed by atoms with E-state index in [1.54, 1.807) is 7.05 Å². The molecule has 2 aromatic rings. The highest BCUT2D eigenvalue weighted by molar-refractivity contribution is 6.28. The Hall–Kier alpha value is -1.88. The third-order valence-electron chi connectivity index (χ3n) is 3.51. The van der Waals surface area contributed by atoms with Crippen LogP contribution in [0.2, 0.25) is 5.28 Å². The van der Waals surface area contributed by atoms with Gasteiger partial charge < -0.3 is 10.6 Å². The van der Waals surface area contributed by atoms with Gasteiger partial charge in [0.1, 0.15) is 0 Å². The van der Waals surface area contributed by atoms with Gasteiger partial charge in [0, 0.05) is 13.1 Å². The molecule has 6 heteroatoms. The number of rotatable bonds is 3. The van der Waals surface area contributed by atoms with Crippen LogP contribution in [0.3, 0.4) is 0 Å². The van der Waals surface area contributed by atoms with Gasteiger partial charge in [-0.05, 0) is 42.0 Å². The highest BCUT2D eigenvalue weighted by Gasteiger charge is 2.19. The quantitative estimate of drug-likeness (QED) is 0.909. The predicted molar refractivity (Wildman–Crippen MR) is 80.3 cm³/mol. The molecule has 0 saturated heterocycles. The van der Waals surface area contributed by atoms with Crippen molar-refractivity contribution < 1.29 is 0 Å². The van der Waals surface area contributed by atoms with E-state index in [2.05, 4.69) is 49.9 Å². The summed E-state index contributed by atoms with van der Waals surface area (Å²) in [4.78, 5) is 12.4. The van der Waals surface area contributed by atoms with Gasteiger partial charge in [0.05, 0.1) is 0 Å². The van der Waals surface area contributed by atoms with Gasteiger partial charge in [0.15, 0.2) is 0 Å². The lowest BCUT2D eigenvalue weighted by molar-refractivity contribution is 0.606. The minimum Gasteiger partial charge on any atom is -0.357 e. The maximum Gasteiger partial charge on any atom is 0.229 e. The summed E-state index contributed by atoms with van der Waals surface area (Å²) in [5.41, 5.74) is 2.83. The van der Waals surface area contributed by atoms with Gasteiger partial charge in [-0.3, -0.25) is 0 Å². The van der Waals surface area contributed by atoms with Crippen LogP contribution in [-0.2, 0) is 12.8 Å². The van der Waals surface area contributed by atoms with Gasteiger partial charge in [0.2, 0.25) is 17.2 Å². The third kappa shape index (κ3) is 2.82. The molecule has 1 aliphatic carbocycles. The molecule has 5 nitrogen and oxygen atoms in total. The second-order valence-corrected chi connectivity index (χ2v) is 5.19. The zero-order valence-electron chi connectivity index (χ0n) is 11.2. The number of hydrogen-bond acceptors (Lipinski definition) is 5. The molecular formula is C14H16ClN5. The SMILES string of the molecule is CNc1nc(Cl)nc(NC2CCc3ccccc3C2)n1. The first-order chi connectivity index (χ1) is 9.74. The lowest BCUT2D eigenvalue weighted by Gasteiger charge is -2.25. The van der Waals surface area contributed by atoms with E-state index in [4.69, 9.17) is 11.6 Å². The maximum atomic E-state index is 5.89. The number of fused-ring (bicyclic) bond motifs is 1. The average molecular weight is 290 g/mol. The van der Waals surface area contributed by atoms with Crippen LogP contribution >= 0.6 is 11.6 Å². The standard InChI is InChI=1S/C14H16ClN5/c1-16-13-18-12(15)19-14(20-13)17-11-7-6-9-4-2-3-5-10(9)8-11/h2-5,11H,6-8H2,1H3,(H2,16,17,18,19,20). The first-order valence-electron chi connectivity index (χ1n) is 6.67. The van der Waals surface area contributed by atoms with Crippen LogP contribution in [0, 0.1) is 0 Å². The number of nitrogens with one attached hydrogen (secondary N) is 2. The largest absolute Gasteiger partial charge is 0.357 e. The van der Waals surface area contributed by atoms with Crippen molar-refractivity contribution in [3.8, 4) is 0 Å². The molecule has 1 aromatic carbocycles. The molecule has 0 bridgehead atoms. The normalized spacial score (nSPS) is 17.4. The smallest absolute Gasteiger partial charge is 0.229 e. The average Bonchev–Trinajstić information content (AvgIpc) is 2.46. The number of benzene rings is 1. The van der Waals surface area contributed by atoms with E-state index in [9.17, 15) is 0 Å². The molecule has 1 unspecified atom stereocenters. The molecule has 0 spiro atoms. The van der Waals surface area contributed by atoms with Gasteiger partial charge >= 0.3 is 0 Å². The summed E-state index contributed by atoms with van der Waals surface area (Å²) in [7, 11) is 1.76. The Balaban J connectivity index is 1.75. The monoisotopic (exact) mass is 289 g/mol. The Kier molecular flexibility index (Phi) is 3.69. The van der Waals surface area contributed by atoms with Crippen LogP contribution in [0.15, 0.2) is 24.3 Å². The molecule has 1 heterocycles. The van der Waals surface area contributed by atoms with E-state index in [1.807, 2.05) is 0 Å². The van der Waals surface area contributed by atoms with Gasteiger partial charge in [-0.2, -0.15) is 15.0 Å². The lowest BCUT2D eigenvalue weighted by atomic mass is 9.88. The van der Waals surface area contributed by atoms with Crippen LogP contribution in [0.5, 0.6) is 0 Å². The van der Waals surface area contributed by atoms with E-state index >= 15 is 0 Å². The summed E-state index contributed by atoms with van der Waals surface area (Å²) >= 11 is 5.89. The van der Waals surface area contributed by atoms with Crippen LogP contribution in [0.1, 0.15) is 17.5 Å². The maximum absolute atomic E-state index is 5.89. The number of aryl methyl sites for hydroxylation is 1. The van der Waals surface area contributed by atoms with Crippen LogP contribution in [0.4, 0.5) is 11.9 Å². The minimum atomic E-state index is 0.197. The molecule has 1 aromatic heterocycles. The molecule has 1 atom stereocenters. The number of hydrogen-bond donors (Lipinski definition) is 2. The molecule has 3 rings (SSSR count). The summed E-state index contributed by atoms with van der Waals surface area (Å²) in [6.07, 6.45) is 3.12. The molecule has 2 N–H and O–H groups in total. The van der Waals surface area contributed by atoms with E-state index in [0.29, 0.717) is 17.9 Å². The highest BCUT2D eigenvalue weighted by Crippen LogP contribution is 2.23. The third-order valence-corrected chi connectivity index (χ3v) is 3.68.